The second-order valence-electron chi connectivity index (χ2n) is 4.69. The van der Waals surface area contributed by atoms with Crippen LogP contribution in [0.15, 0.2) is 36.4 Å². The lowest BCUT2D eigenvalue weighted by Gasteiger charge is -2.13. The predicted octanol–water partition coefficient (Wildman–Crippen LogP) is 2.03. The fourth-order valence-electron chi connectivity index (χ4n) is 2.05. The Balaban J connectivity index is 2.27. The Hall–Kier alpha value is -3.22. The topological polar surface area (TPSA) is 97.1 Å². The average Bonchev–Trinajstić information content (AvgIpc) is 2.60. The summed E-state index contributed by atoms with van der Waals surface area (Å²) in [5, 5.41) is 0. The normalized spacial score (nSPS) is 9.96. The summed E-state index contributed by atoms with van der Waals surface area (Å²) in [5.74, 6) is 0.167. The molecule has 0 atom stereocenters. The first kappa shape index (κ1) is 17.1. The van der Waals surface area contributed by atoms with Gasteiger partial charge in [0.1, 0.15) is 5.75 Å². The lowest BCUT2D eigenvalue weighted by Crippen LogP contribution is -2.12. The van der Waals surface area contributed by atoms with Crippen molar-refractivity contribution in [3.8, 4) is 23.0 Å². The Morgan fingerprint density at radius 2 is 1.38 bits per heavy atom. The Morgan fingerprint density at radius 1 is 0.833 bits per heavy atom. The number of methoxy groups -OCH3 is 3. The van der Waals surface area contributed by atoms with Crippen LogP contribution in [-0.2, 0) is 0 Å². The molecule has 2 aromatic carbocycles. The highest BCUT2D eigenvalue weighted by Crippen LogP contribution is 2.38. The smallest absolute Gasteiger partial charge is 0.343 e. The molecule has 0 unspecified atom stereocenters. The van der Waals surface area contributed by atoms with Crippen molar-refractivity contribution in [2.75, 3.05) is 21.3 Å². The van der Waals surface area contributed by atoms with E-state index in [2.05, 4.69) is 0 Å². The molecular formula is C17H17NO6. The standard InChI is InChI=1S/C17H17NO6/c1-21-13-8-11(9-14(22-2)15(13)23-3)17(20)24-12-6-4-10(5-7-12)16(18)19/h4-9H,1-3H3,(H2,18,19). The number of benzene rings is 2. The van der Waals surface area contributed by atoms with E-state index in [9.17, 15) is 9.59 Å². The van der Waals surface area contributed by atoms with Crippen molar-refractivity contribution in [2.45, 2.75) is 0 Å². The van der Waals surface area contributed by atoms with Gasteiger partial charge in [0.2, 0.25) is 11.7 Å². The van der Waals surface area contributed by atoms with Crippen LogP contribution >= 0.6 is 0 Å². The number of hydrogen-bond acceptors (Lipinski definition) is 6. The number of ether oxygens (including phenoxy) is 4. The van der Waals surface area contributed by atoms with Crippen molar-refractivity contribution in [2.24, 2.45) is 5.73 Å². The van der Waals surface area contributed by atoms with E-state index < -0.39 is 11.9 Å². The van der Waals surface area contributed by atoms with Gasteiger partial charge in [-0.1, -0.05) is 0 Å². The van der Waals surface area contributed by atoms with Gasteiger partial charge in [-0.3, -0.25) is 4.79 Å². The Labute approximate surface area is 138 Å². The average molecular weight is 331 g/mol. The molecule has 0 heterocycles. The van der Waals surface area contributed by atoms with E-state index in [1.807, 2.05) is 0 Å². The van der Waals surface area contributed by atoms with Gasteiger partial charge in [-0.2, -0.15) is 0 Å². The van der Waals surface area contributed by atoms with E-state index in [1.54, 1.807) is 0 Å². The van der Waals surface area contributed by atoms with Crippen LogP contribution in [0.5, 0.6) is 23.0 Å². The van der Waals surface area contributed by atoms with Crippen LogP contribution in [0.25, 0.3) is 0 Å². The van der Waals surface area contributed by atoms with Gasteiger partial charge in [0.05, 0.1) is 26.9 Å². The van der Waals surface area contributed by atoms with Crippen molar-refractivity contribution >= 4 is 11.9 Å². The number of nitrogens with two attached hydrogens (primary N) is 1. The summed E-state index contributed by atoms with van der Waals surface area (Å²) in [6, 6.07) is 8.88. The predicted molar refractivity (Wildman–Crippen MR) is 86.0 cm³/mol. The van der Waals surface area contributed by atoms with Crippen LogP contribution in [0.3, 0.4) is 0 Å². The van der Waals surface area contributed by atoms with E-state index in [1.165, 1.54) is 57.7 Å². The molecule has 0 spiro atoms. The minimum Gasteiger partial charge on any atom is -0.493 e. The molecule has 0 aromatic heterocycles. The van der Waals surface area contributed by atoms with Gasteiger partial charge in [-0.05, 0) is 36.4 Å². The summed E-state index contributed by atoms with van der Waals surface area (Å²) >= 11 is 0. The highest BCUT2D eigenvalue weighted by molar-refractivity contribution is 5.94. The molecule has 2 rings (SSSR count). The van der Waals surface area contributed by atoms with Gasteiger partial charge < -0.3 is 24.7 Å². The SMILES string of the molecule is COc1cc(C(=O)Oc2ccc(C(N)=O)cc2)cc(OC)c1OC. The third kappa shape index (κ3) is 3.57. The van der Waals surface area contributed by atoms with Crippen LogP contribution in [0.4, 0.5) is 0 Å². The third-order valence-electron chi connectivity index (χ3n) is 3.25. The van der Waals surface area contributed by atoms with Crippen molar-refractivity contribution in [3.05, 3.63) is 47.5 Å². The van der Waals surface area contributed by atoms with Crippen molar-refractivity contribution in [1.82, 2.24) is 0 Å². The van der Waals surface area contributed by atoms with Crippen LogP contribution in [0.2, 0.25) is 0 Å². The first-order valence-electron chi connectivity index (χ1n) is 6.92. The molecule has 0 saturated carbocycles. The van der Waals surface area contributed by atoms with Gasteiger partial charge in [-0.25, -0.2) is 4.79 Å². The summed E-state index contributed by atoms with van der Waals surface area (Å²) in [6.07, 6.45) is 0. The van der Waals surface area contributed by atoms with E-state index in [0.29, 0.717) is 22.8 Å². The summed E-state index contributed by atoms with van der Waals surface area (Å²) in [7, 11) is 4.38. The number of hydrogen-bond donors (Lipinski definition) is 1. The lowest BCUT2D eigenvalue weighted by atomic mass is 10.1. The minimum atomic E-state index is -0.610. The van der Waals surface area contributed by atoms with Gasteiger partial charge in [-0.15, -0.1) is 0 Å². The monoisotopic (exact) mass is 331 g/mol. The molecule has 7 nitrogen and oxygen atoms in total. The molecule has 126 valence electrons. The third-order valence-corrected chi connectivity index (χ3v) is 3.25. The quantitative estimate of drug-likeness (QED) is 0.642. The fraction of sp³-hybridized carbons (Fsp3) is 0.176. The summed E-state index contributed by atoms with van der Waals surface area (Å²) in [6.45, 7) is 0. The summed E-state index contributed by atoms with van der Waals surface area (Å²) < 4.78 is 20.9. The fourth-order valence-corrected chi connectivity index (χ4v) is 2.05. The van der Waals surface area contributed by atoms with Gasteiger partial charge >= 0.3 is 5.97 Å². The van der Waals surface area contributed by atoms with E-state index in [-0.39, 0.29) is 11.3 Å². The molecule has 0 bridgehead atoms. The molecule has 0 aliphatic rings. The second-order valence-corrected chi connectivity index (χ2v) is 4.69. The number of amides is 1. The maximum Gasteiger partial charge on any atom is 0.343 e. The maximum atomic E-state index is 12.3. The Bertz CT molecular complexity index is 729. The van der Waals surface area contributed by atoms with Gasteiger partial charge in [0, 0.05) is 5.56 Å². The number of esters is 1. The molecule has 0 aliphatic carbocycles. The van der Waals surface area contributed by atoms with Crippen LogP contribution in [-0.4, -0.2) is 33.2 Å². The van der Waals surface area contributed by atoms with E-state index in [4.69, 9.17) is 24.7 Å². The zero-order valence-corrected chi connectivity index (χ0v) is 13.5. The summed E-state index contributed by atoms with van der Waals surface area (Å²) in [4.78, 5) is 23.3. The molecule has 2 aromatic rings. The number of rotatable bonds is 6. The Morgan fingerprint density at radius 3 is 1.79 bits per heavy atom. The second kappa shape index (κ2) is 7.36. The molecule has 0 saturated heterocycles. The van der Waals surface area contributed by atoms with Crippen molar-refractivity contribution < 1.29 is 28.5 Å². The maximum absolute atomic E-state index is 12.3. The first-order valence-corrected chi connectivity index (χ1v) is 6.92. The van der Waals surface area contributed by atoms with Crippen LogP contribution in [0, 0.1) is 0 Å². The van der Waals surface area contributed by atoms with Crippen LogP contribution in [0.1, 0.15) is 20.7 Å². The molecule has 1 amide bonds. The molecule has 7 heteroatoms. The molecule has 24 heavy (non-hydrogen) atoms. The summed E-state index contributed by atoms with van der Waals surface area (Å²) in [5.41, 5.74) is 5.71. The molecular weight excluding hydrogens is 314 g/mol. The van der Waals surface area contributed by atoms with Crippen molar-refractivity contribution in [3.63, 3.8) is 0 Å². The van der Waals surface area contributed by atoms with E-state index in [0.717, 1.165) is 0 Å². The number of carbonyl (C=O) groups excluding carboxylic acids is 2. The minimum absolute atomic E-state index is 0.225. The highest BCUT2D eigenvalue weighted by Gasteiger charge is 2.18. The van der Waals surface area contributed by atoms with E-state index >= 15 is 0 Å². The Kier molecular flexibility index (Phi) is 5.26. The molecule has 0 radical (unpaired) electrons. The zero-order valence-electron chi connectivity index (χ0n) is 13.5. The number of carbonyl (C=O) groups is 2. The zero-order chi connectivity index (χ0) is 17.7. The molecule has 2 N–H and O–H groups in total. The van der Waals surface area contributed by atoms with Crippen LogP contribution < -0.4 is 24.7 Å². The largest absolute Gasteiger partial charge is 0.493 e. The van der Waals surface area contributed by atoms with Crippen molar-refractivity contribution in [1.29, 1.82) is 0 Å². The molecule has 0 fully saturated rings. The highest BCUT2D eigenvalue weighted by atomic mass is 16.5. The van der Waals surface area contributed by atoms with Gasteiger partial charge in [0.15, 0.2) is 11.5 Å². The van der Waals surface area contributed by atoms with Gasteiger partial charge in [0.25, 0.3) is 0 Å². The first-order chi connectivity index (χ1) is 11.5. The molecule has 0 aliphatic heterocycles. The number of primary amides is 1. The lowest BCUT2D eigenvalue weighted by molar-refractivity contribution is 0.0733.